The van der Waals surface area contributed by atoms with Gasteiger partial charge in [0.15, 0.2) is 0 Å². The van der Waals surface area contributed by atoms with E-state index in [-0.39, 0.29) is 12.5 Å². The Hall–Kier alpha value is -1.56. The number of thiophene rings is 1. The van der Waals surface area contributed by atoms with Crippen LogP contribution < -0.4 is 10.1 Å². The molecule has 1 aromatic rings. The lowest BCUT2D eigenvalue weighted by molar-refractivity contribution is -0.148. The highest BCUT2D eigenvalue weighted by molar-refractivity contribution is 7.12. The molecule has 0 saturated heterocycles. The van der Waals surface area contributed by atoms with Gasteiger partial charge >= 0.3 is 5.97 Å². The van der Waals surface area contributed by atoms with Crippen LogP contribution in [-0.2, 0) is 4.79 Å². The molecule has 0 bridgehead atoms. The topological polar surface area (TPSA) is 75.6 Å². The second-order valence-electron chi connectivity index (χ2n) is 4.79. The maximum absolute atomic E-state index is 12.0. The van der Waals surface area contributed by atoms with Crippen LogP contribution in [0.3, 0.4) is 0 Å². The van der Waals surface area contributed by atoms with Crippen molar-refractivity contribution in [2.75, 3.05) is 13.7 Å². The summed E-state index contributed by atoms with van der Waals surface area (Å²) in [7, 11) is 1.51. The molecule has 1 aromatic heterocycles. The summed E-state index contributed by atoms with van der Waals surface area (Å²) < 4.78 is 5.08. The molecular weight excluding hydrogens is 266 g/mol. The van der Waals surface area contributed by atoms with Crippen molar-refractivity contribution in [1.29, 1.82) is 0 Å². The molecule has 0 radical (unpaired) electrons. The van der Waals surface area contributed by atoms with Gasteiger partial charge in [0.05, 0.1) is 12.5 Å². The zero-order valence-electron chi connectivity index (χ0n) is 10.8. The maximum atomic E-state index is 12.0. The number of amides is 1. The van der Waals surface area contributed by atoms with E-state index in [1.807, 2.05) is 0 Å². The third-order valence-corrected chi connectivity index (χ3v) is 4.55. The Labute approximate surface area is 115 Å². The lowest BCUT2D eigenvalue weighted by atomic mass is 9.86. The monoisotopic (exact) mass is 283 g/mol. The fourth-order valence-corrected chi connectivity index (χ4v) is 3.25. The van der Waals surface area contributed by atoms with Gasteiger partial charge in [-0.2, -0.15) is 0 Å². The van der Waals surface area contributed by atoms with Gasteiger partial charge in [0.1, 0.15) is 10.6 Å². The van der Waals surface area contributed by atoms with E-state index in [1.54, 1.807) is 11.4 Å². The Bertz CT molecular complexity index is 477. The lowest BCUT2D eigenvalue weighted by Gasteiger charge is -2.23. The molecule has 1 saturated carbocycles. The lowest BCUT2D eigenvalue weighted by Crippen LogP contribution is -2.41. The van der Waals surface area contributed by atoms with Gasteiger partial charge in [-0.1, -0.05) is 12.8 Å². The van der Waals surface area contributed by atoms with E-state index in [2.05, 4.69) is 5.32 Å². The van der Waals surface area contributed by atoms with Crippen molar-refractivity contribution in [3.63, 3.8) is 0 Å². The summed E-state index contributed by atoms with van der Waals surface area (Å²) in [6.07, 6.45) is 3.07. The minimum absolute atomic E-state index is 0.183. The molecule has 19 heavy (non-hydrogen) atoms. The van der Waals surface area contributed by atoms with E-state index in [1.165, 1.54) is 18.4 Å². The first-order valence-electron chi connectivity index (χ1n) is 6.22. The Balaban J connectivity index is 2.02. The average molecular weight is 283 g/mol. The van der Waals surface area contributed by atoms with Gasteiger partial charge in [-0.25, -0.2) is 0 Å². The third kappa shape index (κ3) is 2.73. The Morgan fingerprint density at radius 1 is 1.47 bits per heavy atom. The van der Waals surface area contributed by atoms with Gasteiger partial charge in [-0.05, 0) is 24.3 Å². The van der Waals surface area contributed by atoms with Gasteiger partial charge in [-0.3, -0.25) is 9.59 Å². The van der Waals surface area contributed by atoms with Crippen LogP contribution >= 0.6 is 11.3 Å². The van der Waals surface area contributed by atoms with Crippen LogP contribution in [0, 0.1) is 5.41 Å². The molecule has 6 heteroatoms. The van der Waals surface area contributed by atoms with Crippen molar-refractivity contribution in [2.24, 2.45) is 5.41 Å². The first-order valence-corrected chi connectivity index (χ1v) is 7.10. The highest BCUT2D eigenvalue weighted by Gasteiger charge is 2.41. The molecule has 1 fully saturated rings. The number of hydrogen-bond acceptors (Lipinski definition) is 4. The highest BCUT2D eigenvalue weighted by Crippen LogP contribution is 2.38. The van der Waals surface area contributed by atoms with E-state index < -0.39 is 11.4 Å². The smallest absolute Gasteiger partial charge is 0.311 e. The van der Waals surface area contributed by atoms with Crippen LogP contribution in [0.25, 0.3) is 0 Å². The number of carboxylic acids is 1. The number of carboxylic acid groups (broad SMARTS) is 1. The number of hydrogen-bond donors (Lipinski definition) is 2. The molecule has 1 aliphatic carbocycles. The summed E-state index contributed by atoms with van der Waals surface area (Å²) in [6, 6.07) is 1.72. The van der Waals surface area contributed by atoms with Crippen LogP contribution in [-0.4, -0.2) is 30.6 Å². The predicted octanol–water partition coefficient (Wildman–Crippen LogP) is 2.13. The van der Waals surface area contributed by atoms with Crippen LogP contribution in [0.2, 0.25) is 0 Å². The molecule has 1 heterocycles. The summed E-state index contributed by atoms with van der Waals surface area (Å²) in [4.78, 5) is 23.9. The first-order chi connectivity index (χ1) is 9.09. The van der Waals surface area contributed by atoms with E-state index in [0.717, 1.165) is 12.8 Å². The Kier molecular flexibility index (Phi) is 4.09. The molecule has 1 aliphatic rings. The molecule has 0 aliphatic heterocycles. The molecular formula is C13H17NO4S. The summed E-state index contributed by atoms with van der Waals surface area (Å²) in [5, 5.41) is 13.8. The third-order valence-electron chi connectivity index (χ3n) is 3.66. The number of aliphatic carboxylic acids is 1. The molecule has 0 aromatic carbocycles. The Morgan fingerprint density at radius 3 is 2.74 bits per heavy atom. The van der Waals surface area contributed by atoms with Crippen molar-refractivity contribution in [2.45, 2.75) is 25.7 Å². The molecule has 0 atom stereocenters. The first kappa shape index (κ1) is 13.9. The van der Waals surface area contributed by atoms with Crippen LogP contribution in [0.15, 0.2) is 11.4 Å². The van der Waals surface area contributed by atoms with Crippen molar-refractivity contribution in [1.82, 2.24) is 5.32 Å². The van der Waals surface area contributed by atoms with Crippen molar-refractivity contribution in [3.8, 4) is 5.75 Å². The number of nitrogens with one attached hydrogen (secondary N) is 1. The van der Waals surface area contributed by atoms with Gasteiger partial charge in [0.25, 0.3) is 5.91 Å². The average Bonchev–Trinajstić information content (AvgIpc) is 3.05. The normalized spacial score (nSPS) is 17.1. The Morgan fingerprint density at radius 2 is 2.16 bits per heavy atom. The zero-order chi connectivity index (χ0) is 13.9. The second-order valence-corrected chi connectivity index (χ2v) is 5.71. The van der Waals surface area contributed by atoms with Gasteiger partial charge in [0, 0.05) is 6.54 Å². The van der Waals surface area contributed by atoms with Gasteiger partial charge in [-0.15, -0.1) is 11.3 Å². The number of rotatable bonds is 5. The number of carbonyl (C=O) groups is 2. The number of ether oxygens (including phenoxy) is 1. The predicted molar refractivity (Wildman–Crippen MR) is 71.7 cm³/mol. The molecule has 2 N–H and O–H groups in total. The van der Waals surface area contributed by atoms with E-state index in [0.29, 0.717) is 23.5 Å². The summed E-state index contributed by atoms with van der Waals surface area (Å²) in [5.41, 5.74) is -0.792. The number of methoxy groups -OCH3 is 1. The van der Waals surface area contributed by atoms with E-state index in [4.69, 9.17) is 4.74 Å². The molecule has 0 unspecified atom stereocenters. The SMILES string of the molecule is COc1ccsc1C(=O)NCC1(C(=O)O)CCCC1. The van der Waals surface area contributed by atoms with E-state index in [9.17, 15) is 14.7 Å². The second kappa shape index (κ2) is 5.61. The molecule has 0 spiro atoms. The zero-order valence-corrected chi connectivity index (χ0v) is 11.6. The molecule has 2 rings (SSSR count). The fourth-order valence-electron chi connectivity index (χ4n) is 2.47. The van der Waals surface area contributed by atoms with Crippen molar-refractivity contribution in [3.05, 3.63) is 16.3 Å². The highest BCUT2D eigenvalue weighted by atomic mass is 32.1. The summed E-state index contributed by atoms with van der Waals surface area (Å²) in [5.74, 6) is -0.555. The maximum Gasteiger partial charge on any atom is 0.311 e. The molecule has 1 amide bonds. The standard InChI is InChI=1S/C13H17NO4S/c1-18-9-4-7-19-10(9)11(15)14-8-13(12(16)17)5-2-3-6-13/h4,7H,2-3,5-6,8H2,1H3,(H,14,15)(H,16,17). The molecule has 104 valence electrons. The van der Waals surface area contributed by atoms with Crippen LogP contribution in [0.1, 0.15) is 35.4 Å². The van der Waals surface area contributed by atoms with Crippen molar-refractivity contribution >= 4 is 23.2 Å². The largest absolute Gasteiger partial charge is 0.495 e. The van der Waals surface area contributed by atoms with E-state index >= 15 is 0 Å². The minimum Gasteiger partial charge on any atom is -0.495 e. The summed E-state index contributed by atoms with van der Waals surface area (Å²) >= 11 is 1.29. The van der Waals surface area contributed by atoms with Gasteiger partial charge < -0.3 is 15.2 Å². The summed E-state index contributed by atoms with van der Waals surface area (Å²) in [6.45, 7) is 0.183. The van der Waals surface area contributed by atoms with Crippen LogP contribution in [0.5, 0.6) is 5.75 Å². The van der Waals surface area contributed by atoms with Gasteiger partial charge in [0.2, 0.25) is 0 Å². The fraction of sp³-hybridized carbons (Fsp3) is 0.538. The number of carbonyl (C=O) groups excluding carboxylic acids is 1. The van der Waals surface area contributed by atoms with Crippen LogP contribution in [0.4, 0.5) is 0 Å². The molecule has 5 nitrogen and oxygen atoms in total. The van der Waals surface area contributed by atoms with Crippen molar-refractivity contribution < 1.29 is 19.4 Å². The minimum atomic E-state index is -0.816. The quantitative estimate of drug-likeness (QED) is 0.868.